The predicted octanol–water partition coefficient (Wildman–Crippen LogP) is 3.43. The molecule has 3 rings (SSSR count). The highest BCUT2D eigenvalue weighted by atomic mass is 16.4. The van der Waals surface area contributed by atoms with Gasteiger partial charge in [-0.2, -0.15) is 0 Å². The van der Waals surface area contributed by atoms with Gasteiger partial charge in [-0.3, -0.25) is 9.69 Å². The largest absolute Gasteiger partial charge is 0.480 e. The van der Waals surface area contributed by atoms with Crippen molar-refractivity contribution in [2.24, 2.45) is 5.41 Å². The van der Waals surface area contributed by atoms with Gasteiger partial charge < -0.3 is 5.11 Å². The molecule has 1 heterocycles. The van der Waals surface area contributed by atoms with Gasteiger partial charge in [-0.1, -0.05) is 44.9 Å². The van der Waals surface area contributed by atoms with Crippen molar-refractivity contribution in [2.45, 2.75) is 76.2 Å². The Balaban J connectivity index is 1.68. The summed E-state index contributed by atoms with van der Waals surface area (Å²) < 4.78 is 0. The lowest BCUT2D eigenvalue weighted by Crippen LogP contribution is -2.68. The molecule has 108 valence electrons. The van der Waals surface area contributed by atoms with Gasteiger partial charge in [-0.05, 0) is 31.1 Å². The second-order valence-electron chi connectivity index (χ2n) is 7.17. The molecule has 1 saturated heterocycles. The first kappa shape index (κ1) is 13.4. The van der Waals surface area contributed by atoms with Crippen LogP contribution in [0, 0.1) is 5.41 Å². The van der Waals surface area contributed by atoms with Crippen LogP contribution in [0.3, 0.4) is 0 Å². The second-order valence-corrected chi connectivity index (χ2v) is 7.17. The Labute approximate surface area is 116 Å². The van der Waals surface area contributed by atoms with E-state index in [1.807, 2.05) is 0 Å². The Morgan fingerprint density at radius 2 is 1.26 bits per heavy atom. The number of hydrogen-bond acceptors (Lipinski definition) is 2. The van der Waals surface area contributed by atoms with Crippen molar-refractivity contribution in [2.75, 3.05) is 13.1 Å². The van der Waals surface area contributed by atoms with Crippen molar-refractivity contribution in [1.82, 2.24) is 4.90 Å². The molecule has 0 amide bonds. The van der Waals surface area contributed by atoms with Gasteiger partial charge in [0.2, 0.25) is 0 Å². The van der Waals surface area contributed by atoms with E-state index in [9.17, 15) is 9.90 Å². The van der Waals surface area contributed by atoms with E-state index in [1.165, 1.54) is 44.9 Å². The molecule has 3 heteroatoms. The first-order valence-electron chi connectivity index (χ1n) is 8.16. The molecule has 2 aliphatic carbocycles. The van der Waals surface area contributed by atoms with Crippen LogP contribution in [0.4, 0.5) is 0 Å². The Morgan fingerprint density at radius 3 is 1.79 bits per heavy atom. The number of hydrogen-bond donors (Lipinski definition) is 1. The molecule has 0 atom stereocenters. The van der Waals surface area contributed by atoms with Crippen LogP contribution in [-0.2, 0) is 4.79 Å². The van der Waals surface area contributed by atoms with Gasteiger partial charge >= 0.3 is 5.97 Å². The van der Waals surface area contributed by atoms with Crippen molar-refractivity contribution in [3.8, 4) is 0 Å². The van der Waals surface area contributed by atoms with E-state index in [-0.39, 0.29) is 0 Å². The van der Waals surface area contributed by atoms with Crippen molar-refractivity contribution in [3.05, 3.63) is 0 Å². The maximum atomic E-state index is 11.8. The maximum absolute atomic E-state index is 11.8. The summed E-state index contributed by atoms with van der Waals surface area (Å²) >= 11 is 0. The molecule has 0 aromatic rings. The summed E-state index contributed by atoms with van der Waals surface area (Å²) in [6, 6.07) is 0. The average molecular weight is 265 g/mol. The summed E-state index contributed by atoms with van der Waals surface area (Å²) in [5.74, 6) is -0.560. The number of likely N-dealkylation sites (tertiary alicyclic amines) is 1. The number of carboxylic acids is 1. The molecule has 1 spiro atoms. The summed E-state index contributed by atoms with van der Waals surface area (Å²) in [6.45, 7) is 2.11. The molecule has 19 heavy (non-hydrogen) atoms. The molecular weight excluding hydrogens is 238 g/mol. The van der Waals surface area contributed by atoms with Crippen LogP contribution in [0.1, 0.15) is 70.6 Å². The fourth-order valence-corrected chi connectivity index (χ4v) is 4.66. The van der Waals surface area contributed by atoms with E-state index in [1.54, 1.807) is 0 Å². The van der Waals surface area contributed by atoms with Crippen molar-refractivity contribution in [3.63, 3.8) is 0 Å². The molecular formula is C16H27NO2. The Bertz CT molecular complexity index is 331. The molecule has 0 radical (unpaired) electrons. The first-order valence-corrected chi connectivity index (χ1v) is 8.16. The normalized spacial score (nSPS) is 30.5. The zero-order chi connectivity index (χ0) is 13.3. The van der Waals surface area contributed by atoms with Gasteiger partial charge in [0.15, 0.2) is 0 Å². The first-order chi connectivity index (χ1) is 9.17. The third-order valence-corrected chi connectivity index (χ3v) is 5.90. The molecule has 3 aliphatic rings. The molecule has 2 saturated carbocycles. The Kier molecular flexibility index (Phi) is 3.59. The zero-order valence-corrected chi connectivity index (χ0v) is 12.0. The van der Waals surface area contributed by atoms with E-state index in [0.29, 0.717) is 5.41 Å². The predicted molar refractivity (Wildman–Crippen MR) is 75.2 cm³/mol. The number of carboxylic acid groups (broad SMARTS) is 1. The van der Waals surface area contributed by atoms with Crippen molar-refractivity contribution >= 4 is 5.97 Å². The van der Waals surface area contributed by atoms with Crippen LogP contribution in [-0.4, -0.2) is 34.6 Å². The van der Waals surface area contributed by atoms with Crippen molar-refractivity contribution in [1.29, 1.82) is 0 Å². The summed E-state index contributed by atoms with van der Waals surface area (Å²) in [5.41, 5.74) is -0.0216. The number of aliphatic carboxylic acids is 1. The fourth-order valence-electron chi connectivity index (χ4n) is 4.66. The lowest BCUT2D eigenvalue weighted by molar-refractivity contribution is -0.168. The van der Waals surface area contributed by atoms with Crippen LogP contribution in [0.25, 0.3) is 0 Å². The SMILES string of the molecule is O=C(O)C1(N2CC3(CCCCCC3)C2)CCCCC1. The molecule has 0 aromatic carbocycles. The smallest absolute Gasteiger partial charge is 0.324 e. The summed E-state index contributed by atoms with van der Waals surface area (Å²) in [7, 11) is 0. The highest BCUT2D eigenvalue weighted by molar-refractivity contribution is 5.79. The van der Waals surface area contributed by atoms with Gasteiger partial charge in [0.1, 0.15) is 5.54 Å². The van der Waals surface area contributed by atoms with E-state index in [4.69, 9.17) is 0 Å². The second kappa shape index (κ2) is 5.08. The molecule has 1 N–H and O–H groups in total. The van der Waals surface area contributed by atoms with E-state index < -0.39 is 11.5 Å². The molecule has 3 nitrogen and oxygen atoms in total. The minimum absolute atomic E-state index is 0.483. The monoisotopic (exact) mass is 265 g/mol. The Hall–Kier alpha value is -0.570. The third-order valence-electron chi connectivity index (χ3n) is 5.90. The van der Waals surface area contributed by atoms with Gasteiger partial charge in [-0.15, -0.1) is 0 Å². The molecule has 3 fully saturated rings. The van der Waals surface area contributed by atoms with Gasteiger partial charge in [-0.25, -0.2) is 0 Å². The Morgan fingerprint density at radius 1 is 0.789 bits per heavy atom. The van der Waals surface area contributed by atoms with Crippen LogP contribution in [0.5, 0.6) is 0 Å². The van der Waals surface area contributed by atoms with Crippen LogP contribution in [0.2, 0.25) is 0 Å². The van der Waals surface area contributed by atoms with Gasteiger partial charge in [0.25, 0.3) is 0 Å². The summed E-state index contributed by atoms with van der Waals surface area (Å²) in [6.07, 6.45) is 13.3. The van der Waals surface area contributed by atoms with Gasteiger partial charge in [0.05, 0.1) is 0 Å². The van der Waals surface area contributed by atoms with E-state index in [0.717, 1.165) is 38.8 Å². The van der Waals surface area contributed by atoms with Crippen LogP contribution >= 0.6 is 0 Å². The topological polar surface area (TPSA) is 40.5 Å². The standard InChI is InChI=1S/C16H27NO2/c18-14(19)16(10-6-3-7-11-16)17-12-15(13-17)8-4-1-2-5-9-15/h1-13H2,(H,18,19). The summed E-state index contributed by atoms with van der Waals surface area (Å²) in [5, 5.41) is 9.72. The van der Waals surface area contributed by atoms with E-state index in [2.05, 4.69) is 4.90 Å². The lowest BCUT2D eigenvalue weighted by Gasteiger charge is -2.58. The highest BCUT2D eigenvalue weighted by Gasteiger charge is 2.54. The lowest BCUT2D eigenvalue weighted by atomic mass is 9.68. The fraction of sp³-hybridized carbons (Fsp3) is 0.938. The maximum Gasteiger partial charge on any atom is 0.324 e. The minimum atomic E-state index is -0.560. The molecule has 0 aromatic heterocycles. The number of nitrogens with zero attached hydrogens (tertiary/aromatic N) is 1. The van der Waals surface area contributed by atoms with E-state index >= 15 is 0 Å². The summed E-state index contributed by atoms with van der Waals surface area (Å²) in [4.78, 5) is 14.1. The average Bonchev–Trinajstić information content (AvgIpc) is 2.63. The van der Waals surface area contributed by atoms with Gasteiger partial charge in [0, 0.05) is 13.1 Å². The third kappa shape index (κ3) is 2.31. The number of carbonyl (C=O) groups is 1. The highest BCUT2D eigenvalue weighted by Crippen LogP contribution is 2.48. The van der Waals surface area contributed by atoms with Crippen LogP contribution in [0.15, 0.2) is 0 Å². The van der Waals surface area contributed by atoms with Crippen molar-refractivity contribution < 1.29 is 9.90 Å². The van der Waals surface area contributed by atoms with Crippen LogP contribution < -0.4 is 0 Å². The zero-order valence-electron chi connectivity index (χ0n) is 12.0. The molecule has 1 aliphatic heterocycles. The number of rotatable bonds is 2. The molecule has 0 bridgehead atoms. The molecule has 0 unspecified atom stereocenters. The minimum Gasteiger partial charge on any atom is -0.480 e. The quantitative estimate of drug-likeness (QED) is 0.831.